The van der Waals surface area contributed by atoms with E-state index in [4.69, 9.17) is 0 Å². The maximum atomic E-state index is 12.7. The molecule has 1 N–H and O–H groups in total. The number of hydrazone groups is 1. The first-order valence-electron chi connectivity index (χ1n) is 8.15. The molecule has 4 atom stereocenters. The van der Waals surface area contributed by atoms with Crippen molar-refractivity contribution in [1.29, 1.82) is 0 Å². The summed E-state index contributed by atoms with van der Waals surface area (Å²) in [7, 11) is 0. The number of phenolic OH excluding ortho intramolecular Hbond substituents is 1. The predicted molar refractivity (Wildman–Crippen MR) is 94.2 cm³/mol. The molecule has 2 fully saturated rings. The fourth-order valence-electron chi connectivity index (χ4n) is 4.10. The topological polar surface area (TPSA) is 113 Å². The molecule has 8 nitrogen and oxygen atoms in total. The van der Waals surface area contributed by atoms with Crippen molar-refractivity contribution in [2.24, 2.45) is 28.8 Å². The third kappa shape index (κ3) is 2.45. The lowest BCUT2D eigenvalue weighted by Crippen LogP contribution is -2.38. The maximum absolute atomic E-state index is 12.7. The Morgan fingerprint density at radius 1 is 1.19 bits per heavy atom. The minimum atomic E-state index is -0.606. The van der Waals surface area contributed by atoms with E-state index in [1.165, 1.54) is 0 Å². The van der Waals surface area contributed by atoms with Gasteiger partial charge in [-0.2, -0.15) is 10.1 Å². The van der Waals surface area contributed by atoms with Crippen LogP contribution in [0.2, 0.25) is 0 Å². The minimum absolute atomic E-state index is 0.0441. The largest absolute Gasteiger partial charge is 0.506 e. The average molecular weight is 420 g/mol. The van der Waals surface area contributed by atoms with Crippen LogP contribution in [-0.4, -0.2) is 33.1 Å². The Bertz CT molecular complexity index is 865. The Morgan fingerprint density at radius 2 is 1.77 bits per heavy atom. The standard InChI is InChI=1S/C17H14BrN3O5/c18-12-6-11(21(25)26)5-10(15(12)22)7-19-20-16(23)13-8-1-2-9(4-3-8)14(13)17(20)24/h1-2,5-9,13-14,22H,3-4H2/b19-7-. The first-order chi connectivity index (χ1) is 12.4. The molecule has 5 rings (SSSR count). The van der Waals surface area contributed by atoms with E-state index in [1.807, 2.05) is 12.2 Å². The van der Waals surface area contributed by atoms with Gasteiger partial charge in [-0.15, -0.1) is 0 Å². The van der Waals surface area contributed by atoms with E-state index >= 15 is 0 Å². The Labute approximate surface area is 156 Å². The SMILES string of the molecule is O=C1C2C3C=CC(CC3)C2C(=O)N1/N=C\c1cc([N+](=O)[O-])cc(Br)c1O. The molecule has 1 saturated heterocycles. The molecule has 26 heavy (non-hydrogen) atoms. The number of nitrogens with zero attached hydrogens (tertiary/aromatic N) is 3. The summed E-state index contributed by atoms with van der Waals surface area (Å²) < 4.78 is 0.128. The molecule has 0 radical (unpaired) electrons. The molecule has 3 aliphatic carbocycles. The molecule has 1 saturated carbocycles. The number of carbonyl (C=O) groups is 2. The Kier molecular flexibility index (Phi) is 3.91. The van der Waals surface area contributed by atoms with Gasteiger partial charge < -0.3 is 5.11 Å². The number of amides is 2. The normalized spacial score (nSPS) is 29.7. The number of benzene rings is 1. The summed E-state index contributed by atoms with van der Waals surface area (Å²) in [6, 6.07) is 2.30. The molecule has 1 aliphatic heterocycles. The van der Waals surface area contributed by atoms with Gasteiger partial charge in [0.1, 0.15) is 5.75 Å². The lowest BCUT2D eigenvalue weighted by Gasteiger charge is -2.37. The molecule has 4 aliphatic rings. The smallest absolute Gasteiger partial charge is 0.271 e. The number of hydrogen-bond donors (Lipinski definition) is 1. The number of halogens is 1. The number of non-ortho nitro benzene ring substituents is 1. The van der Waals surface area contributed by atoms with Gasteiger partial charge >= 0.3 is 0 Å². The summed E-state index contributed by atoms with van der Waals surface area (Å²) in [5, 5.41) is 25.8. The van der Waals surface area contributed by atoms with Gasteiger partial charge in [-0.25, -0.2) is 0 Å². The van der Waals surface area contributed by atoms with Gasteiger partial charge in [-0.05, 0) is 40.6 Å². The van der Waals surface area contributed by atoms with E-state index in [0.717, 1.165) is 36.2 Å². The van der Waals surface area contributed by atoms with E-state index in [2.05, 4.69) is 21.0 Å². The summed E-state index contributed by atoms with van der Waals surface area (Å²) in [6.45, 7) is 0. The van der Waals surface area contributed by atoms with Crippen molar-refractivity contribution >= 4 is 39.6 Å². The summed E-state index contributed by atoms with van der Waals surface area (Å²) in [4.78, 5) is 35.7. The van der Waals surface area contributed by atoms with Crippen LogP contribution in [0.15, 0.2) is 33.9 Å². The molecule has 1 heterocycles. The van der Waals surface area contributed by atoms with E-state index in [1.54, 1.807) is 0 Å². The highest BCUT2D eigenvalue weighted by Crippen LogP contribution is 2.49. The quantitative estimate of drug-likeness (QED) is 0.266. The molecule has 134 valence electrons. The number of fused-ring (bicyclic) bond motifs is 1. The van der Waals surface area contributed by atoms with Crippen LogP contribution in [0.5, 0.6) is 5.75 Å². The van der Waals surface area contributed by atoms with Crippen LogP contribution in [0.3, 0.4) is 0 Å². The fraction of sp³-hybridized carbons (Fsp3) is 0.353. The minimum Gasteiger partial charge on any atom is -0.506 e. The van der Waals surface area contributed by atoms with Crippen molar-refractivity contribution in [3.05, 3.63) is 44.4 Å². The van der Waals surface area contributed by atoms with Crippen LogP contribution in [0, 0.1) is 33.8 Å². The fourth-order valence-corrected chi connectivity index (χ4v) is 4.56. The zero-order valence-corrected chi connectivity index (χ0v) is 15.0. The number of aromatic hydroxyl groups is 1. The van der Waals surface area contributed by atoms with E-state index in [0.29, 0.717) is 0 Å². The van der Waals surface area contributed by atoms with Crippen LogP contribution in [-0.2, 0) is 9.59 Å². The molecular formula is C17H14BrN3O5. The highest BCUT2D eigenvalue weighted by Gasteiger charge is 2.56. The number of phenols is 1. The van der Waals surface area contributed by atoms with Crippen molar-refractivity contribution in [2.75, 3.05) is 0 Å². The summed E-state index contributed by atoms with van der Waals surface area (Å²) in [5.41, 5.74) is -0.200. The van der Waals surface area contributed by atoms with Crippen molar-refractivity contribution in [2.45, 2.75) is 12.8 Å². The van der Waals surface area contributed by atoms with Crippen molar-refractivity contribution in [1.82, 2.24) is 5.01 Å². The number of nitro benzene ring substituents is 1. The molecule has 1 aromatic carbocycles. The zero-order valence-electron chi connectivity index (χ0n) is 13.4. The Balaban J connectivity index is 1.65. The number of nitro groups is 1. The lowest BCUT2D eigenvalue weighted by atomic mass is 9.63. The van der Waals surface area contributed by atoms with Crippen LogP contribution < -0.4 is 0 Å². The van der Waals surface area contributed by atoms with Gasteiger partial charge in [0.15, 0.2) is 0 Å². The van der Waals surface area contributed by atoms with Gasteiger partial charge in [0.2, 0.25) is 0 Å². The summed E-state index contributed by atoms with van der Waals surface area (Å²) in [6.07, 6.45) is 6.90. The van der Waals surface area contributed by atoms with E-state index < -0.39 is 4.92 Å². The first-order valence-corrected chi connectivity index (χ1v) is 8.95. The van der Waals surface area contributed by atoms with Gasteiger partial charge in [-0.1, -0.05) is 12.2 Å². The van der Waals surface area contributed by atoms with Crippen LogP contribution in [0.25, 0.3) is 0 Å². The van der Waals surface area contributed by atoms with Gasteiger partial charge in [0.25, 0.3) is 17.5 Å². The highest BCUT2D eigenvalue weighted by molar-refractivity contribution is 9.10. The molecule has 2 bridgehead atoms. The van der Waals surface area contributed by atoms with Crippen molar-refractivity contribution in [3.8, 4) is 5.75 Å². The molecule has 4 unspecified atom stereocenters. The van der Waals surface area contributed by atoms with Crippen molar-refractivity contribution in [3.63, 3.8) is 0 Å². The van der Waals surface area contributed by atoms with Crippen LogP contribution >= 0.6 is 15.9 Å². The van der Waals surface area contributed by atoms with E-state index in [9.17, 15) is 24.8 Å². The Hall–Kier alpha value is -2.55. The maximum Gasteiger partial charge on any atom is 0.271 e. The first kappa shape index (κ1) is 16.9. The average Bonchev–Trinajstić information content (AvgIpc) is 2.90. The number of carbonyl (C=O) groups excluding carboxylic acids is 2. The highest BCUT2D eigenvalue weighted by atomic mass is 79.9. The molecule has 2 amide bonds. The second-order valence-electron chi connectivity index (χ2n) is 6.70. The second kappa shape index (κ2) is 6.01. The lowest BCUT2D eigenvalue weighted by molar-refractivity contribution is -0.385. The number of hydrogen-bond acceptors (Lipinski definition) is 6. The summed E-state index contributed by atoms with van der Waals surface area (Å²) in [5.74, 6) is -1.59. The number of rotatable bonds is 3. The van der Waals surface area contributed by atoms with Gasteiger partial charge in [0, 0.05) is 17.7 Å². The van der Waals surface area contributed by atoms with Gasteiger partial charge in [-0.3, -0.25) is 19.7 Å². The monoisotopic (exact) mass is 419 g/mol. The van der Waals surface area contributed by atoms with Crippen LogP contribution in [0.4, 0.5) is 5.69 Å². The Morgan fingerprint density at radius 3 is 2.27 bits per heavy atom. The van der Waals surface area contributed by atoms with Crippen LogP contribution in [0.1, 0.15) is 18.4 Å². The molecule has 0 aromatic heterocycles. The van der Waals surface area contributed by atoms with E-state index in [-0.39, 0.29) is 57.0 Å². The number of imide groups is 1. The van der Waals surface area contributed by atoms with Gasteiger partial charge in [0.05, 0.1) is 27.4 Å². The second-order valence-corrected chi connectivity index (χ2v) is 7.55. The molecule has 1 aromatic rings. The third-order valence-corrected chi connectivity index (χ3v) is 5.94. The predicted octanol–water partition coefficient (Wildman–Crippen LogP) is 2.59. The van der Waals surface area contributed by atoms with Crippen molar-refractivity contribution < 1.29 is 19.6 Å². The molecule has 0 spiro atoms. The molecular weight excluding hydrogens is 406 g/mol. The molecule has 9 heteroatoms. The number of allylic oxidation sites excluding steroid dienone is 2. The zero-order chi connectivity index (χ0) is 18.6. The third-order valence-electron chi connectivity index (χ3n) is 5.34. The summed E-state index contributed by atoms with van der Waals surface area (Å²) >= 11 is 3.04.